The van der Waals surface area contributed by atoms with E-state index in [1.807, 2.05) is 41.7 Å². The maximum absolute atomic E-state index is 10.9. The molecule has 11 heteroatoms. The van der Waals surface area contributed by atoms with Crippen LogP contribution in [0.4, 0.5) is 0 Å². The number of aryl methyl sites for hydroxylation is 1. The molecule has 3 aromatic rings. The quantitative estimate of drug-likeness (QED) is 0.301. The molecule has 0 atom stereocenters. The van der Waals surface area contributed by atoms with E-state index in [4.69, 9.17) is 24.1 Å². The third-order valence-electron chi connectivity index (χ3n) is 6.13. The third-order valence-corrected chi connectivity index (χ3v) is 9.08. The van der Waals surface area contributed by atoms with Crippen molar-refractivity contribution in [2.75, 3.05) is 62.7 Å². The number of thioether (sulfide) groups is 2. The zero-order valence-corrected chi connectivity index (χ0v) is 27.2. The van der Waals surface area contributed by atoms with E-state index in [0.29, 0.717) is 39.5 Å². The number of nitrogens with zero attached hydrogens (tertiary/aromatic N) is 1. The van der Waals surface area contributed by atoms with E-state index in [9.17, 15) is 4.79 Å². The molecule has 1 aromatic heterocycles. The molecule has 1 aliphatic heterocycles. The molecule has 41 heavy (non-hydrogen) atoms. The van der Waals surface area contributed by atoms with Gasteiger partial charge in [0.15, 0.2) is 18.0 Å². The van der Waals surface area contributed by atoms with Crippen LogP contribution in [-0.2, 0) is 20.8 Å². The molecular formula is C30H38BrNO6S3. The number of benzene rings is 2. The van der Waals surface area contributed by atoms with Crippen LogP contribution in [0.2, 0.25) is 0 Å². The predicted molar refractivity (Wildman–Crippen MR) is 166 cm³/mol. The van der Waals surface area contributed by atoms with Gasteiger partial charge in [0, 0.05) is 48.0 Å². The number of unbranched alkanes of at least 4 members (excludes halogenated alkanes) is 1. The van der Waals surface area contributed by atoms with E-state index in [1.54, 1.807) is 11.3 Å². The van der Waals surface area contributed by atoms with E-state index in [2.05, 4.69) is 41.0 Å². The second kappa shape index (κ2) is 19.4. The minimum atomic E-state index is -0.744. The van der Waals surface area contributed by atoms with Gasteiger partial charge in [0.25, 0.3) is 5.01 Å². The lowest BCUT2D eigenvalue weighted by Crippen LogP contribution is -3.00. The highest BCUT2D eigenvalue weighted by molar-refractivity contribution is 7.99. The fraction of sp³-hybridized carbons (Fsp3) is 0.467. The monoisotopic (exact) mass is 683 g/mol. The highest BCUT2D eigenvalue weighted by Crippen LogP contribution is 2.30. The molecule has 4 rings (SSSR count). The Morgan fingerprint density at radius 2 is 1.51 bits per heavy atom. The molecule has 2 aromatic carbocycles. The van der Waals surface area contributed by atoms with Crippen LogP contribution in [0.1, 0.15) is 29.8 Å². The standard InChI is InChI=1S/C30H37NO6S3.BrH/c32-30(33)7-3-4-12-31-25-5-1-2-6-28(25)40-29(31)11-9-24-8-10-26-27(23-24)37-18-22-39-20-16-35-14-13-34-15-19-38-21-17-36-26;/h1-2,5-6,8-11,23H,3-4,7,12-22H2;1H/b11-9+;. The number of ether oxygens (including phenoxy) is 4. The van der Waals surface area contributed by atoms with Crippen molar-refractivity contribution in [3.05, 3.63) is 53.0 Å². The summed E-state index contributed by atoms with van der Waals surface area (Å²) in [5.74, 6) is 4.39. The Kier molecular flexibility index (Phi) is 16.0. The maximum atomic E-state index is 10.9. The second-order valence-electron chi connectivity index (χ2n) is 9.10. The van der Waals surface area contributed by atoms with Crippen LogP contribution in [0, 0.1) is 0 Å². The number of hydrogen-bond acceptors (Lipinski definition) is 8. The summed E-state index contributed by atoms with van der Waals surface area (Å²) < 4.78 is 27.0. The van der Waals surface area contributed by atoms with Crippen LogP contribution in [0.3, 0.4) is 0 Å². The summed E-state index contributed by atoms with van der Waals surface area (Å²) in [6.07, 6.45) is 5.92. The fourth-order valence-corrected chi connectivity index (χ4v) is 6.54. The van der Waals surface area contributed by atoms with Gasteiger partial charge in [0.1, 0.15) is 4.70 Å². The van der Waals surface area contributed by atoms with Gasteiger partial charge in [-0.3, -0.25) is 4.79 Å². The lowest BCUT2D eigenvalue weighted by molar-refractivity contribution is -0.669. The first-order valence-electron chi connectivity index (χ1n) is 13.7. The molecular weight excluding hydrogens is 646 g/mol. The van der Waals surface area contributed by atoms with Gasteiger partial charge in [-0.05, 0) is 36.3 Å². The van der Waals surface area contributed by atoms with Crippen molar-refractivity contribution in [3.8, 4) is 11.5 Å². The first kappa shape index (κ1) is 33.7. The molecule has 2 heterocycles. The number of aromatic nitrogens is 1. The molecule has 0 spiro atoms. The van der Waals surface area contributed by atoms with Gasteiger partial charge in [-0.1, -0.05) is 29.5 Å². The normalized spacial score (nSPS) is 16.1. The van der Waals surface area contributed by atoms with Crippen LogP contribution in [0.25, 0.3) is 22.4 Å². The van der Waals surface area contributed by atoms with Gasteiger partial charge in [-0.25, -0.2) is 0 Å². The van der Waals surface area contributed by atoms with Crippen molar-refractivity contribution in [2.24, 2.45) is 0 Å². The lowest BCUT2D eigenvalue weighted by Gasteiger charge is -2.14. The number of rotatable bonds is 7. The summed E-state index contributed by atoms with van der Waals surface area (Å²) in [6.45, 7) is 4.71. The summed E-state index contributed by atoms with van der Waals surface area (Å²) in [5.41, 5.74) is 2.21. The highest BCUT2D eigenvalue weighted by Gasteiger charge is 2.18. The Hall–Kier alpha value is -1.76. The summed E-state index contributed by atoms with van der Waals surface area (Å²) in [4.78, 5) is 10.9. The number of para-hydroxylation sites is 1. The molecule has 1 N–H and O–H groups in total. The summed E-state index contributed by atoms with van der Waals surface area (Å²) >= 11 is 5.37. The molecule has 1 aliphatic rings. The average molecular weight is 685 g/mol. The lowest BCUT2D eigenvalue weighted by atomic mass is 10.2. The summed E-state index contributed by atoms with van der Waals surface area (Å²) in [5, 5.41) is 10.1. The molecule has 0 amide bonds. The highest BCUT2D eigenvalue weighted by atomic mass is 79.9. The van der Waals surface area contributed by atoms with Crippen molar-refractivity contribution < 1.29 is 50.4 Å². The van der Waals surface area contributed by atoms with Gasteiger partial charge < -0.3 is 41.0 Å². The first-order valence-corrected chi connectivity index (χ1v) is 16.8. The zero-order valence-electron chi connectivity index (χ0n) is 23.1. The first-order chi connectivity index (χ1) is 19.7. The van der Waals surface area contributed by atoms with Crippen molar-refractivity contribution >= 4 is 63.2 Å². The van der Waals surface area contributed by atoms with Crippen molar-refractivity contribution in [3.63, 3.8) is 0 Å². The number of fused-ring (bicyclic) bond motifs is 2. The molecule has 0 radical (unpaired) electrons. The van der Waals surface area contributed by atoms with Gasteiger partial charge in [-0.2, -0.15) is 28.1 Å². The van der Waals surface area contributed by atoms with E-state index < -0.39 is 5.97 Å². The van der Waals surface area contributed by atoms with Crippen molar-refractivity contribution in [1.29, 1.82) is 0 Å². The number of thiazole rings is 1. The molecule has 224 valence electrons. The summed E-state index contributed by atoms with van der Waals surface area (Å²) in [7, 11) is 0. The molecule has 0 fully saturated rings. The Balaban J connectivity index is 0.00000462. The minimum absolute atomic E-state index is 0. The van der Waals surface area contributed by atoms with Crippen LogP contribution >= 0.6 is 34.9 Å². The van der Waals surface area contributed by atoms with Gasteiger partial charge in [0.05, 0.1) is 39.6 Å². The Bertz CT molecular complexity index is 1240. The Morgan fingerprint density at radius 3 is 2.24 bits per heavy atom. The largest absolute Gasteiger partial charge is 1.00 e. The number of halogens is 1. The Labute approximate surface area is 265 Å². The van der Waals surface area contributed by atoms with Gasteiger partial charge in [-0.15, -0.1) is 0 Å². The predicted octanol–water partition coefficient (Wildman–Crippen LogP) is 2.89. The maximum Gasteiger partial charge on any atom is 0.303 e. The molecule has 0 unspecified atom stereocenters. The van der Waals surface area contributed by atoms with E-state index in [0.717, 1.165) is 64.7 Å². The molecule has 0 aliphatic carbocycles. The van der Waals surface area contributed by atoms with Crippen LogP contribution < -0.4 is 31.0 Å². The fourth-order valence-electron chi connectivity index (χ4n) is 4.16. The van der Waals surface area contributed by atoms with E-state index >= 15 is 0 Å². The number of aliphatic carboxylic acids is 1. The molecule has 0 saturated carbocycles. The Morgan fingerprint density at radius 1 is 0.829 bits per heavy atom. The second-order valence-corrected chi connectivity index (χ2v) is 12.6. The average Bonchev–Trinajstić information content (AvgIpc) is 3.31. The molecule has 0 saturated heterocycles. The summed E-state index contributed by atoms with van der Waals surface area (Å²) in [6, 6.07) is 14.4. The van der Waals surface area contributed by atoms with Crippen LogP contribution in [0.5, 0.6) is 11.5 Å². The van der Waals surface area contributed by atoms with E-state index in [-0.39, 0.29) is 23.4 Å². The van der Waals surface area contributed by atoms with Crippen LogP contribution in [-0.4, -0.2) is 73.7 Å². The van der Waals surface area contributed by atoms with Gasteiger partial charge >= 0.3 is 5.97 Å². The van der Waals surface area contributed by atoms with E-state index in [1.165, 1.54) is 10.2 Å². The van der Waals surface area contributed by atoms with Crippen molar-refractivity contribution in [1.82, 2.24) is 0 Å². The topological polar surface area (TPSA) is 78.1 Å². The zero-order chi connectivity index (χ0) is 27.8. The van der Waals surface area contributed by atoms with Crippen LogP contribution in [0.15, 0.2) is 42.5 Å². The van der Waals surface area contributed by atoms with Crippen molar-refractivity contribution in [2.45, 2.75) is 25.8 Å². The SMILES string of the molecule is O=C(O)CCCC[n+]1c(/C=C/c2ccc3c(c2)OCCSCCOCCOCCSCCO3)sc2ccccc21.[Br-]. The number of hydrogen-bond donors (Lipinski definition) is 1. The molecule has 7 nitrogen and oxygen atoms in total. The number of carboxylic acid groups (broad SMARTS) is 1. The molecule has 0 bridgehead atoms. The van der Waals surface area contributed by atoms with Gasteiger partial charge in [0.2, 0.25) is 5.52 Å². The number of carbonyl (C=O) groups is 1. The minimum Gasteiger partial charge on any atom is -1.00 e. The number of carboxylic acids is 1. The smallest absolute Gasteiger partial charge is 0.303 e. The third kappa shape index (κ3) is 11.8.